The lowest BCUT2D eigenvalue weighted by Crippen LogP contribution is -2.32. The van der Waals surface area contributed by atoms with E-state index in [1.807, 2.05) is 0 Å². The minimum atomic E-state index is -0.487. The summed E-state index contributed by atoms with van der Waals surface area (Å²) < 4.78 is 11.6. The molecular weight excluding hydrogens is 262 g/mol. The summed E-state index contributed by atoms with van der Waals surface area (Å²) in [5.74, 6) is 6.71. The Labute approximate surface area is 115 Å². The standard InChI is InChI=1S/C12H15N5O3/c1-16(13)11-14-7-17(12(18)15-11)8-4-5-9(19-2)10(6-8)20-3/h4-7H,13H2,1-3H3. The van der Waals surface area contributed by atoms with Crippen LogP contribution in [0.2, 0.25) is 0 Å². The van der Waals surface area contributed by atoms with Crippen LogP contribution in [0.4, 0.5) is 5.95 Å². The van der Waals surface area contributed by atoms with Crippen molar-refractivity contribution >= 4 is 5.95 Å². The number of nitrogens with zero attached hydrogens (tertiary/aromatic N) is 4. The summed E-state index contributed by atoms with van der Waals surface area (Å²) in [6, 6.07) is 5.07. The van der Waals surface area contributed by atoms with Gasteiger partial charge in [0.1, 0.15) is 6.33 Å². The number of hydrogen-bond acceptors (Lipinski definition) is 7. The summed E-state index contributed by atoms with van der Waals surface area (Å²) in [7, 11) is 4.61. The molecule has 2 aromatic rings. The monoisotopic (exact) mass is 277 g/mol. The summed E-state index contributed by atoms with van der Waals surface area (Å²) in [6.45, 7) is 0. The third kappa shape index (κ3) is 2.54. The Morgan fingerprint density at radius 3 is 2.50 bits per heavy atom. The summed E-state index contributed by atoms with van der Waals surface area (Å²) in [5, 5.41) is 1.17. The molecule has 0 amide bonds. The van der Waals surface area contributed by atoms with Crippen molar-refractivity contribution in [3.63, 3.8) is 0 Å². The molecule has 1 aromatic carbocycles. The average Bonchev–Trinajstić information content (AvgIpc) is 2.46. The maximum Gasteiger partial charge on any atom is 0.356 e. The molecule has 20 heavy (non-hydrogen) atoms. The lowest BCUT2D eigenvalue weighted by Gasteiger charge is -2.12. The zero-order chi connectivity index (χ0) is 14.7. The second-order valence-electron chi connectivity index (χ2n) is 3.96. The third-order valence-corrected chi connectivity index (χ3v) is 2.65. The lowest BCUT2D eigenvalue weighted by molar-refractivity contribution is 0.355. The molecule has 0 spiro atoms. The zero-order valence-corrected chi connectivity index (χ0v) is 11.4. The average molecular weight is 277 g/mol. The van der Waals surface area contributed by atoms with Gasteiger partial charge in [-0.3, -0.25) is 9.58 Å². The van der Waals surface area contributed by atoms with E-state index in [4.69, 9.17) is 15.3 Å². The molecule has 2 rings (SSSR count). The van der Waals surface area contributed by atoms with Gasteiger partial charge in [0.2, 0.25) is 5.95 Å². The van der Waals surface area contributed by atoms with Gasteiger partial charge in [0, 0.05) is 13.1 Å². The quantitative estimate of drug-likeness (QED) is 0.618. The molecule has 0 bridgehead atoms. The summed E-state index contributed by atoms with van der Waals surface area (Å²) >= 11 is 0. The molecule has 0 fully saturated rings. The van der Waals surface area contributed by atoms with Crippen molar-refractivity contribution in [1.82, 2.24) is 14.5 Å². The fraction of sp³-hybridized carbons (Fsp3) is 0.250. The molecular formula is C12H15N5O3. The van der Waals surface area contributed by atoms with Crippen molar-refractivity contribution in [2.45, 2.75) is 0 Å². The Balaban J connectivity index is 2.49. The van der Waals surface area contributed by atoms with Crippen molar-refractivity contribution in [1.29, 1.82) is 0 Å². The summed E-state index contributed by atoms with van der Waals surface area (Å²) in [5.41, 5.74) is 0.0818. The molecule has 1 heterocycles. The van der Waals surface area contributed by atoms with E-state index >= 15 is 0 Å². The molecule has 0 saturated heterocycles. The highest BCUT2D eigenvalue weighted by molar-refractivity contribution is 5.48. The van der Waals surface area contributed by atoms with Gasteiger partial charge < -0.3 is 9.47 Å². The topological polar surface area (TPSA) is 95.5 Å². The Bertz CT molecular complexity index is 668. The fourth-order valence-electron chi connectivity index (χ4n) is 1.65. The third-order valence-electron chi connectivity index (χ3n) is 2.65. The van der Waals surface area contributed by atoms with Crippen LogP contribution in [0, 0.1) is 0 Å². The van der Waals surface area contributed by atoms with E-state index in [1.165, 1.54) is 23.0 Å². The maximum atomic E-state index is 12.0. The Morgan fingerprint density at radius 1 is 1.25 bits per heavy atom. The lowest BCUT2D eigenvalue weighted by atomic mass is 10.2. The zero-order valence-electron chi connectivity index (χ0n) is 11.4. The van der Waals surface area contributed by atoms with Gasteiger partial charge in [0.05, 0.1) is 19.9 Å². The highest BCUT2D eigenvalue weighted by Gasteiger charge is 2.09. The molecule has 0 saturated carbocycles. The first-order valence-corrected chi connectivity index (χ1v) is 5.73. The van der Waals surface area contributed by atoms with Gasteiger partial charge in [0.25, 0.3) is 0 Å². The first-order chi connectivity index (χ1) is 9.56. The van der Waals surface area contributed by atoms with Crippen LogP contribution in [-0.4, -0.2) is 35.8 Å². The second-order valence-corrected chi connectivity index (χ2v) is 3.96. The smallest absolute Gasteiger partial charge is 0.356 e. The van der Waals surface area contributed by atoms with Crippen LogP contribution in [0.1, 0.15) is 0 Å². The molecule has 0 aliphatic carbocycles. The first kappa shape index (κ1) is 13.8. The van der Waals surface area contributed by atoms with Crippen LogP contribution in [0.15, 0.2) is 29.3 Å². The van der Waals surface area contributed by atoms with Gasteiger partial charge in [-0.25, -0.2) is 15.6 Å². The van der Waals surface area contributed by atoms with Crippen molar-refractivity contribution in [3.8, 4) is 17.2 Å². The van der Waals surface area contributed by atoms with Crippen molar-refractivity contribution < 1.29 is 9.47 Å². The highest BCUT2D eigenvalue weighted by atomic mass is 16.5. The normalized spacial score (nSPS) is 10.2. The number of benzene rings is 1. The largest absolute Gasteiger partial charge is 0.493 e. The summed E-state index contributed by atoms with van der Waals surface area (Å²) in [6.07, 6.45) is 1.36. The number of methoxy groups -OCH3 is 2. The Kier molecular flexibility index (Phi) is 3.85. The minimum Gasteiger partial charge on any atom is -0.493 e. The van der Waals surface area contributed by atoms with Gasteiger partial charge >= 0.3 is 5.69 Å². The number of hydrogen-bond donors (Lipinski definition) is 1. The molecule has 8 nitrogen and oxygen atoms in total. The van der Waals surface area contributed by atoms with Gasteiger partial charge in [-0.2, -0.15) is 4.98 Å². The van der Waals surface area contributed by atoms with Gasteiger partial charge in [0.15, 0.2) is 11.5 Å². The van der Waals surface area contributed by atoms with Crippen LogP contribution >= 0.6 is 0 Å². The number of aromatic nitrogens is 3. The number of ether oxygens (including phenoxy) is 2. The predicted molar refractivity (Wildman–Crippen MR) is 73.3 cm³/mol. The van der Waals surface area contributed by atoms with E-state index in [0.29, 0.717) is 17.2 Å². The van der Waals surface area contributed by atoms with E-state index in [0.717, 1.165) is 0 Å². The van der Waals surface area contributed by atoms with E-state index in [1.54, 1.807) is 32.4 Å². The molecule has 106 valence electrons. The first-order valence-electron chi connectivity index (χ1n) is 5.73. The number of hydrazine groups is 1. The summed E-state index contributed by atoms with van der Waals surface area (Å²) in [4.78, 5) is 19.7. The number of nitrogens with two attached hydrogens (primary N) is 1. The Morgan fingerprint density at radius 2 is 1.95 bits per heavy atom. The van der Waals surface area contributed by atoms with E-state index < -0.39 is 5.69 Å². The van der Waals surface area contributed by atoms with Gasteiger partial charge in [-0.05, 0) is 12.1 Å². The maximum absolute atomic E-state index is 12.0. The van der Waals surface area contributed by atoms with E-state index in [2.05, 4.69) is 9.97 Å². The van der Waals surface area contributed by atoms with Crippen LogP contribution in [0.25, 0.3) is 5.69 Å². The van der Waals surface area contributed by atoms with Crippen LogP contribution < -0.4 is 26.0 Å². The molecule has 0 aliphatic heterocycles. The molecule has 0 unspecified atom stereocenters. The van der Waals surface area contributed by atoms with Crippen LogP contribution in [0.5, 0.6) is 11.5 Å². The van der Waals surface area contributed by atoms with Crippen molar-refractivity contribution in [2.75, 3.05) is 26.3 Å². The van der Waals surface area contributed by atoms with Crippen LogP contribution in [0.3, 0.4) is 0 Å². The van der Waals surface area contributed by atoms with Gasteiger partial charge in [-0.1, -0.05) is 0 Å². The predicted octanol–water partition coefficient (Wildman–Crippen LogP) is -0.0454. The number of anilines is 1. The van der Waals surface area contributed by atoms with E-state index in [-0.39, 0.29) is 5.95 Å². The van der Waals surface area contributed by atoms with Crippen LogP contribution in [-0.2, 0) is 0 Å². The molecule has 0 aliphatic rings. The van der Waals surface area contributed by atoms with Crippen molar-refractivity contribution in [3.05, 3.63) is 35.0 Å². The highest BCUT2D eigenvalue weighted by Crippen LogP contribution is 2.28. The van der Waals surface area contributed by atoms with Crippen molar-refractivity contribution in [2.24, 2.45) is 5.84 Å². The second kappa shape index (κ2) is 5.57. The molecule has 0 atom stereocenters. The van der Waals surface area contributed by atoms with E-state index in [9.17, 15) is 4.79 Å². The number of rotatable bonds is 4. The molecule has 8 heteroatoms. The molecule has 2 N–H and O–H groups in total. The SMILES string of the molecule is COc1ccc(-n2cnc(N(C)N)nc2=O)cc1OC. The molecule has 1 aromatic heterocycles. The Hall–Kier alpha value is -2.61. The van der Waals surface area contributed by atoms with Gasteiger partial charge in [-0.15, -0.1) is 0 Å². The molecule has 0 radical (unpaired) electrons. The minimum absolute atomic E-state index is 0.145. The fourth-order valence-corrected chi connectivity index (χ4v) is 1.65.